The number of likely N-dealkylation sites (tertiary alicyclic amines) is 1. The van der Waals surface area contributed by atoms with Gasteiger partial charge in [0, 0.05) is 24.7 Å². The Kier molecular flexibility index (Phi) is 9.31. The zero-order valence-corrected chi connectivity index (χ0v) is 24.7. The molecule has 0 spiro atoms. The number of piperidine rings is 1. The Labute approximate surface area is 240 Å². The Balaban J connectivity index is 1.62. The minimum absolute atomic E-state index is 0.124. The van der Waals surface area contributed by atoms with Crippen molar-refractivity contribution in [2.24, 2.45) is 5.92 Å². The van der Waals surface area contributed by atoms with E-state index in [1.165, 1.54) is 25.3 Å². The number of carbonyl (C=O) groups excluding carboxylic acids is 2. The summed E-state index contributed by atoms with van der Waals surface area (Å²) in [7, 11) is 4.89. The molecule has 41 heavy (non-hydrogen) atoms. The van der Waals surface area contributed by atoms with Crippen molar-refractivity contribution in [2.45, 2.75) is 64.5 Å². The first-order chi connectivity index (χ1) is 19.4. The minimum Gasteiger partial charge on any atom is -0.495 e. The van der Waals surface area contributed by atoms with Crippen LogP contribution >= 0.6 is 0 Å². The van der Waals surface area contributed by atoms with E-state index in [1.54, 1.807) is 18.2 Å². The molecule has 2 aromatic rings. The lowest BCUT2D eigenvalue weighted by molar-refractivity contribution is -0.140. The maximum atomic E-state index is 15.0. The molecule has 224 valence electrons. The Morgan fingerprint density at radius 3 is 2.56 bits per heavy atom. The molecule has 1 fully saturated rings. The lowest BCUT2D eigenvalue weighted by atomic mass is 9.99. The Morgan fingerprint density at radius 1 is 1.22 bits per heavy atom. The fraction of sp³-hybridized carbons (Fsp3) is 0.586. The summed E-state index contributed by atoms with van der Waals surface area (Å²) in [6, 6.07) is 4.91. The highest BCUT2D eigenvalue weighted by Gasteiger charge is 2.48. The number of nitrogens with zero attached hydrogens (tertiary/aromatic N) is 5. The van der Waals surface area contributed by atoms with Gasteiger partial charge in [-0.25, -0.2) is 4.98 Å². The number of carbonyl (C=O) groups is 2. The number of benzene rings is 1. The standard InChI is InChI=1S/C29H41F2N7O3/c1-7-21(14-18(2)3)38-17-29(30,31)27(40)37(5)23-16-32-28(35-25(23)38)34-22-9-8-19(15-24(22)41-6)26(39)33-20-10-12-36(4)13-11-20/h8-9,15-16,18,20-21H,7,10-14,17H2,1-6H3,(H,33,39)(H,32,34,35). The summed E-state index contributed by atoms with van der Waals surface area (Å²) in [6.07, 6.45) is 4.44. The molecule has 12 heteroatoms. The lowest BCUT2D eigenvalue weighted by Gasteiger charge is -2.34. The molecular weight excluding hydrogens is 532 g/mol. The molecule has 2 aliphatic rings. The maximum absolute atomic E-state index is 15.0. The van der Waals surface area contributed by atoms with Gasteiger partial charge < -0.3 is 30.1 Å². The molecule has 2 N–H and O–H groups in total. The van der Waals surface area contributed by atoms with Crippen molar-refractivity contribution in [1.29, 1.82) is 0 Å². The number of fused-ring (bicyclic) bond motifs is 1. The van der Waals surface area contributed by atoms with Crippen LogP contribution in [0.2, 0.25) is 0 Å². The third kappa shape index (κ3) is 6.86. The summed E-state index contributed by atoms with van der Waals surface area (Å²) >= 11 is 0. The van der Waals surface area contributed by atoms with Gasteiger partial charge in [-0.05, 0) is 69.9 Å². The van der Waals surface area contributed by atoms with Crippen LogP contribution < -0.4 is 25.2 Å². The number of nitrogens with one attached hydrogen (secondary N) is 2. The number of hydrogen-bond acceptors (Lipinski definition) is 8. The van der Waals surface area contributed by atoms with Crippen molar-refractivity contribution in [2.75, 3.05) is 56.0 Å². The molecular formula is C29H41F2N7O3. The van der Waals surface area contributed by atoms with Gasteiger partial charge >= 0.3 is 5.92 Å². The maximum Gasteiger partial charge on any atom is 0.342 e. The lowest BCUT2D eigenvalue weighted by Crippen LogP contribution is -2.48. The second kappa shape index (κ2) is 12.5. The quantitative estimate of drug-likeness (QED) is 0.458. The SMILES string of the molecule is CCC(CC(C)C)N1CC(F)(F)C(=O)N(C)c2cnc(Nc3ccc(C(=O)NC4CCN(C)CC4)cc3OC)nc21. The average Bonchev–Trinajstić information content (AvgIpc) is 3.01. The van der Waals surface area contributed by atoms with E-state index in [9.17, 15) is 9.59 Å². The van der Waals surface area contributed by atoms with Gasteiger partial charge in [-0.1, -0.05) is 20.8 Å². The first-order valence-electron chi connectivity index (χ1n) is 14.2. The summed E-state index contributed by atoms with van der Waals surface area (Å²) < 4.78 is 35.6. The summed E-state index contributed by atoms with van der Waals surface area (Å²) in [5.41, 5.74) is 1.18. The van der Waals surface area contributed by atoms with Gasteiger partial charge in [0.05, 0.1) is 25.5 Å². The molecule has 2 aliphatic heterocycles. The largest absolute Gasteiger partial charge is 0.495 e. The number of ether oxygens (including phenoxy) is 1. The summed E-state index contributed by atoms with van der Waals surface area (Å²) in [5.74, 6) is -3.97. The van der Waals surface area contributed by atoms with Crippen molar-refractivity contribution in [3.8, 4) is 5.75 Å². The predicted molar refractivity (Wildman–Crippen MR) is 156 cm³/mol. The highest BCUT2D eigenvalue weighted by Crippen LogP contribution is 2.38. The summed E-state index contributed by atoms with van der Waals surface area (Å²) in [5, 5.41) is 6.21. The fourth-order valence-corrected chi connectivity index (χ4v) is 5.42. The van der Waals surface area contributed by atoms with E-state index in [0.717, 1.165) is 30.8 Å². The number of halogens is 2. The second-order valence-electron chi connectivity index (χ2n) is 11.4. The highest BCUT2D eigenvalue weighted by molar-refractivity contribution is 6.02. The topological polar surface area (TPSA) is 103 Å². The molecule has 4 rings (SSSR count). The van der Waals surface area contributed by atoms with Crippen LogP contribution in [0.4, 0.5) is 31.9 Å². The molecule has 10 nitrogen and oxygen atoms in total. The average molecular weight is 574 g/mol. The first kappa shape index (κ1) is 30.4. The molecule has 2 amide bonds. The molecule has 1 saturated heterocycles. The predicted octanol–water partition coefficient (Wildman–Crippen LogP) is 4.30. The Morgan fingerprint density at radius 2 is 1.93 bits per heavy atom. The van der Waals surface area contributed by atoms with Crippen molar-refractivity contribution in [3.63, 3.8) is 0 Å². The van der Waals surface area contributed by atoms with E-state index < -0.39 is 18.4 Å². The third-order valence-corrected chi connectivity index (χ3v) is 7.79. The molecule has 0 radical (unpaired) electrons. The van der Waals surface area contributed by atoms with Crippen molar-refractivity contribution in [3.05, 3.63) is 30.0 Å². The van der Waals surface area contributed by atoms with Crippen LogP contribution in [0.5, 0.6) is 5.75 Å². The Bertz CT molecular complexity index is 1250. The normalized spacial score (nSPS) is 18.6. The van der Waals surface area contributed by atoms with E-state index >= 15 is 8.78 Å². The number of rotatable bonds is 9. The number of methoxy groups -OCH3 is 1. The fourth-order valence-electron chi connectivity index (χ4n) is 5.42. The summed E-state index contributed by atoms with van der Waals surface area (Å²) in [6.45, 7) is 7.12. The smallest absolute Gasteiger partial charge is 0.342 e. The third-order valence-electron chi connectivity index (χ3n) is 7.79. The van der Waals surface area contributed by atoms with Gasteiger partial charge in [0.25, 0.3) is 11.8 Å². The molecule has 3 heterocycles. The van der Waals surface area contributed by atoms with E-state index in [1.807, 2.05) is 20.8 Å². The van der Waals surface area contributed by atoms with E-state index in [4.69, 9.17) is 4.74 Å². The molecule has 1 unspecified atom stereocenters. The van der Waals surface area contributed by atoms with Crippen molar-refractivity contribution < 1.29 is 23.1 Å². The van der Waals surface area contributed by atoms with Gasteiger partial charge in [-0.2, -0.15) is 13.8 Å². The number of aromatic nitrogens is 2. The van der Waals surface area contributed by atoms with Gasteiger partial charge in [0.1, 0.15) is 11.4 Å². The zero-order valence-electron chi connectivity index (χ0n) is 24.7. The first-order valence-corrected chi connectivity index (χ1v) is 14.2. The van der Waals surface area contributed by atoms with Crippen LogP contribution in [0.1, 0.15) is 56.8 Å². The number of alkyl halides is 2. The van der Waals surface area contributed by atoms with E-state index in [0.29, 0.717) is 29.8 Å². The van der Waals surface area contributed by atoms with Gasteiger partial charge in [-0.3, -0.25) is 9.59 Å². The minimum atomic E-state index is -3.58. The van der Waals surface area contributed by atoms with Crippen LogP contribution in [0.25, 0.3) is 0 Å². The monoisotopic (exact) mass is 573 g/mol. The van der Waals surface area contributed by atoms with Crippen LogP contribution in [-0.2, 0) is 4.79 Å². The number of hydrogen-bond donors (Lipinski definition) is 2. The van der Waals surface area contributed by atoms with E-state index in [2.05, 4.69) is 32.5 Å². The van der Waals surface area contributed by atoms with E-state index in [-0.39, 0.29) is 41.4 Å². The molecule has 1 aromatic carbocycles. The van der Waals surface area contributed by atoms with Crippen LogP contribution in [0.3, 0.4) is 0 Å². The number of amides is 2. The van der Waals surface area contributed by atoms with Gasteiger partial charge in [0.15, 0.2) is 5.82 Å². The molecule has 1 atom stereocenters. The summed E-state index contributed by atoms with van der Waals surface area (Å²) in [4.78, 5) is 39.2. The van der Waals surface area contributed by atoms with Gasteiger partial charge in [0.2, 0.25) is 5.95 Å². The van der Waals surface area contributed by atoms with Crippen molar-refractivity contribution >= 4 is 35.0 Å². The second-order valence-corrected chi connectivity index (χ2v) is 11.4. The highest BCUT2D eigenvalue weighted by atomic mass is 19.3. The molecule has 1 aromatic heterocycles. The van der Waals surface area contributed by atoms with Crippen molar-refractivity contribution in [1.82, 2.24) is 20.2 Å². The van der Waals surface area contributed by atoms with Crippen LogP contribution in [-0.4, -0.2) is 85.5 Å². The molecule has 0 aliphatic carbocycles. The Hall–Kier alpha value is -3.54. The van der Waals surface area contributed by atoms with Gasteiger partial charge in [-0.15, -0.1) is 0 Å². The molecule has 0 saturated carbocycles. The zero-order chi connectivity index (χ0) is 29.9. The van der Waals surface area contributed by atoms with Crippen LogP contribution in [0, 0.1) is 5.92 Å². The van der Waals surface area contributed by atoms with Crippen LogP contribution in [0.15, 0.2) is 24.4 Å². The number of anilines is 4. The molecule has 0 bridgehead atoms.